The second-order valence-electron chi connectivity index (χ2n) is 10.1. The van der Waals surface area contributed by atoms with Gasteiger partial charge in [0.15, 0.2) is 0 Å². The molecule has 2 fully saturated rings. The molecule has 0 radical (unpaired) electrons. The van der Waals surface area contributed by atoms with Crippen molar-refractivity contribution in [2.45, 2.75) is 31.0 Å². The predicted molar refractivity (Wildman–Crippen MR) is 135 cm³/mol. The Kier molecular flexibility index (Phi) is 7.76. The van der Waals surface area contributed by atoms with E-state index >= 15 is 0 Å². The molecule has 10 heteroatoms. The Labute approximate surface area is 219 Å². The third-order valence-corrected chi connectivity index (χ3v) is 7.81. The summed E-state index contributed by atoms with van der Waals surface area (Å²) in [5.74, 6) is -0.306. The second-order valence-corrected chi connectivity index (χ2v) is 10.5. The number of nitrogens with one attached hydrogen (secondary N) is 1. The lowest BCUT2D eigenvalue weighted by Crippen LogP contribution is -2.57. The molecule has 0 aromatic heterocycles. The van der Waals surface area contributed by atoms with E-state index in [2.05, 4.69) is 5.32 Å². The number of halogens is 4. The Hall–Kier alpha value is -2.78. The van der Waals surface area contributed by atoms with Gasteiger partial charge in [-0.15, -0.1) is 0 Å². The van der Waals surface area contributed by atoms with Gasteiger partial charge in [-0.05, 0) is 55.2 Å². The first-order valence-corrected chi connectivity index (χ1v) is 12.7. The molecule has 0 unspecified atom stereocenters. The van der Waals surface area contributed by atoms with Crippen LogP contribution in [0.3, 0.4) is 0 Å². The van der Waals surface area contributed by atoms with Gasteiger partial charge in [-0.1, -0.05) is 41.9 Å². The molecular formula is C27H31ClF3N3O3. The third-order valence-electron chi connectivity index (χ3n) is 7.49. The average molecular weight is 538 g/mol. The first kappa shape index (κ1) is 27.3. The number of rotatable bonds is 7. The van der Waals surface area contributed by atoms with Crippen molar-refractivity contribution in [2.24, 2.45) is 17.8 Å². The van der Waals surface area contributed by atoms with Crippen LogP contribution in [-0.2, 0) is 10.4 Å². The van der Waals surface area contributed by atoms with E-state index in [0.717, 1.165) is 35.7 Å². The molecule has 1 saturated heterocycles. The van der Waals surface area contributed by atoms with E-state index in [0.29, 0.717) is 41.2 Å². The lowest BCUT2D eigenvalue weighted by molar-refractivity contribution is -0.262. The summed E-state index contributed by atoms with van der Waals surface area (Å²) < 4.78 is 41.6. The van der Waals surface area contributed by atoms with Gasteiger partial charge in [-0.3, -0.25) is 9.59 Å². The Morgan fingerprint density at radius 3 is 2.32 bits per heavy atom. The highest BCUT2D eigenvalue weighted by Gasteiger charge is 2.62. The zero-order chi connectivity index (χ0) is 27.0. The van der Waals surface area contributed by atoms with Crippen molar-refractivity contribution in [3.05, 3.63) is 64.7 Å². The fourth-order valence-corrected chi connectivity index (χ4v) is 5.48. The molecule has 2 aromatic rings. The normalized spacial score (nSPS) is 21.8. The smallest absolute Gasteiger partial charge is 0.385 e. The maximum atomic E-state index is 13.9. The van der Waals surface area contributed by atoms with Gasteiger partial charge < -0.3 is 20.2 Å². The highest BCUT2D eigenvalue weighted by atomic mass is 35.5. The maximum absolute atomic E-state index is 13.9. The van der Waals surface area contributed by atoms with Crippen LogP contribution in [0.2, 0.25) is 5.02 Å². The Balaban J connectivity index is 1.30. The highest BCUT2D eigenvalue weighted by molar-refractivity contribution is 6.34. The van der Waals surface area contributed by atoms with Crippen molar-refractivity contribution in [3.8, 4) is 0 Å². The van der Waals surface area contributed by atoms with E-state index in [1.807, 2.05) is 6.07 Å². The van der Waals surface area contributed by atoms with Crippen LogP contribution >= 0.6 is 11.6 Å². The molecule has 37 heavy (non-hydrogen) atoms. The van der Waals surface area contributed by atoms with E-state index in [4.69, 9.17) is 11.6 Å². The predicted octanol–water partition coefficient (Wildman–Crippen LogP) is 4.78. The van der Waals surface area contributed by atoms with Gasteiger partial charge in [0.05, 0.1) is 10.6 Å². The summed E-state index contributed by atoms with van der Waals surface area (Å²) in [7, 11) is 3.33. The fourth-order valence-electron chi connectivity index (χ4n) is 5.22. The van der Waals surface area contributed by atoms with E-state index < -0.39 is 23.2 Å². The standard InChI is InChI=1S/C27H31ClF3N3O3/c1-33(2)24(35)21-9-8-20(15-23(21)28)32-16-18-14-22(18)17-10-12-34(13-11-17)25(36)26(37,27(29,30)31)19-6-4-3-5-7-19/h3-9,15,17-18,22,32,37H,10-14,16H2,1-2H3/t18-,22-,26-/m1/s1. The SMILES string of the molecule is CN(C)C(=O)c1ccc(NC[C@H]2C[C@@H]2C2CCN(C(=O)[C@](O)(c3ccccc3)C(F)(F)F)CC2)cc1Cl. The zero-order valence-corrected chi connectivity index (χ0v) is 21.5. The molecule has 1 aliphatic carbocycles. The Morgan fingerprint density at radius 1 is 1.11 bits per heavy atom. The largest absolute Gasteiger partial charge is 0.430 e. The second kappa shape index (κ2) is 10.5. The van der Waals surface area contributed by atoms with Crippen LogP contribution in [0.25, 0.3) is 0 Å². The van der Waals surface area contributed by atoms with Gasteiger partial charge in [0.2, 0.25) is 0 Å². The summed E-state index contributed by atoms with van der Waals surface area (Å²) in [6, 6.07) is 11.8. The molecule has 2 amide bonds. The highest BCUT2D eigenvalue weighted by Crippen LogP contribution is 2.48. The summed E-state index contributed by atoms with van der Waals surface area (Å²) in [5.41, 5.74) is -2.77. The number of anilines is 1. The number of carbonyl (C=O) groups is 2. The van der Waals surface area contributed by atoms with E-state index in [-0.39, 0.29) is 19.0 Å². The Morgan fingerprint density at radius 2 is 1.76 bits per heavy atom. The number of amides is 2. The van der Waals surface area contributed by atoms with Crippen LogP contribution in [0.4, 0.5) is 18.9 Å². The van der Waals surface area contributed by atoms with Crippen LogP contribution in [0.1, 0.15) is 35.2 Å². The van der Waals surface area contributed by atoms with Gasteiger partial charge in [0.1, 0.15) is 0 Å². The number of likely N-dealkylation sites (tertiary alicyclic amines) is 1. The summed E-state index contributed by atoms with van der Waals surface area (Å²) in [5, 5.41) is 14.3. The van der Waals surface area contributed by atoms with Crippen molar-refractivity contribution >= 4 is 29.1 Å². The van der Waals surface area contributed by atoms with Crippen LogP contribution < -0.4 is 5.32 Å². The molecule has 3 atom stereocenters. The molecule has 1 aliphatic heterocycles. The first-order chi connectivity index (χ1) is 17.4. The number of piperidine rings is 1. The van der Waals surface area contributed by atoms with Gasteiger partial charge in [-0.25, -0.2) is 0 Å². The molecule has 2 aromatic carbocycles. The number of carbonyl (C=O) groups excluding carboxylic acids is 2. The van der Waals surface area contributed by atoms with Crippen LogP contribution in [0.15, 0.2) is 48.5 Å². The number of alkyl halides is 3. The van der Waals surface area contributed by atoms with E-state index in [9.17, 15) is 27.9 Å². The lowest BCUT2D eigenvalue weighted by atomic mass is 9.87. The minimum absolute atomic E-state index is 0.166. The minimum Gasteiger partial charge on any atom is -0.385 e. The molecule has 2 aliphatic rings. The average Bonchev–Trinajstić information content (AvgIpc) is 3.66. The number of nitrogens with zero attached hydrogens (tertiary/aromatic N) is 2. The van der Waals surface area contributed by atoms with Crippen molar-refractivity contribution in [3.63, 3.8) is 0 Å². The summed E-state index contributed by atoms with van der Waals surface area (Å²) in [6.07, 6.45) is -2.92. The molecule has 1 heterocycles. The van der Waals surface area contributed by atoms with Gasteiger partial charge in [0.25, 0.3) is 17.4 Å². The molecular weight excluding hydrogens is 507 g/mol. The quantitative estimate of drug-likeness (QED) is 0.533. The van der Waals surface area contributed by atoms with Gasteiger partial charge in [-0.2, -0.15) is 13.2 Å². The first-order valence-electron chi connectivity index (χ1n) is 12.3. The third kappa shape index (κ3) is 5.57. The van der Waals surface area contributed by atoms with Crippen molar-refractivity contribution in [1.29, 1.82) is 0 Å². The monoisotopic (exact) mass is 537 g/mol. The minimum atomic E-state index is -5.13. The summed E-state index contributed by atoms with van der Waals surface area (Å²) in [6.45, 7) is 1.09. The Bertz CT molecular complexity index is 1140. The molecule has 0 bridgehead atoms. The van der Waals surface area contributed by atoms with Crippen LogP contribution in [0, 0.1) is 17.8 Å². The zero-order valence-electron chi connectivity index (χ0n) is 20.8. The number of hydrogen-bond acceptors (Lipinski definition) is 4. The molecule has 200 valence electrons. The maximum Gasteiger partial charge on any atom is 0.430 e. The van der Waals surface area contributed by atoms with Crippen molar-refractivity contribution < 1.29 is 27.9 Å². The molecule has 2 N–H and O–H groups in total. The molecule has 6 nitrogen and oxygen atoms in total. The van der Waals surface area contributed by atoms with E-state index in [1.165, 1.54) is 23.1 Å². The van der Waals surface area contributed by atoms with Crippen molar-refractivity contribution in [1.82, 2.24) is 9.80 Å². The summed E-state index contributed by atoms with van der Waals surface area (Å²) in [4.78, 5) is 27.7. The van der Waals surface area contributed by atoms with Crippen LogP contribution in [0.5, 0.6) is 0 Å². The van der Waals surface area contributed by atoms with Crippen molar-refractivity contribution in [2.75, 3.05) is 39.0 Å². The topological polar surface area (TPSA) is 72.9 Å². The van der Waals surface area contributed by atoms with Crippen LogP contribution in [-0.4, -0.2) is 66.6 Å². The fraction of sp³-hybridized carbons (Fsp3) is 0.481. The lowest BCUT2D eigenvalue weighted by Gasteiger charge is -2.38. The summed E-state index contributed by atoms with van der Waals surface area (Å²) >= 11 is 6.28. The molecule has 4 rings (SSSR count). The van der Waals surface area contributed by atoms with E-state index in [1.54, 1.807) is 26.2 Å². The number of benzene rings is 2. The molecule has 0 spiro atoms. The van der Waals surface area contributed by atoms with Gasteiger partial charge in [0, 0.05) is 45.0 Å². The number of aliphatic hydroxyl groups is 1. The number of hydrogen-bond donors (Lipinski definition) is 2. The molecule has 1 saturated carbocycles. The van der Waals surface area contributed by atoms with Gasteiger partial charge >= 0.3 is 6.18 Å².